The van der Waals surface area contributed by atoms with E-state index >= 15 is 0 Å². The molecule has 0 aliphatic heterocycles. The first-order valence-corrected chi connectivity index (χ1v) is 4.96. The number of pyridine rings is 1. The number of halogens is 5. The number of carbonyl (C=O) groups is 1. The topological polar surface area (TPSA) is 48.4 Å². The number of carbonyl (C=O) groups excluding carboxylic acids is 1. The predicted molar refractivity (Wildman–Crippen MR) is 51.6 cm³/mol. The molecule has 0 aromatic carbocycles. The summed E-state index contributed by atoms with van der Waals surface area (Å²) in [7, 11) is 0. The second kappa shape index (κ2) is 5.81. The van der Waals surface area contributed by atoms with Crippen LogP contribution in [0.5, 0.6) is 5.75 Å². The Bertz CT molecular complexity index is 475. The summed E-state index contributed by atoms with van der Waals surface area (Å²) in [6.07, 6.45) is -5.18. The number of ether oxygens (including phenoxy) is 2. The Morgan fingerprint density at radius 3 is 2.53 bits per heavy atom. The maximum Gasteiger partial charge on any atom is 0.573 e. The average Bonchev–Trinajstić information content (AvgIpc) is 2.29. The van der Waals surface area contributed by atoms with Crippen molar-refractivity contribution < 1.29 is 36.2 Å². The molecule has 1 aromatic rings. The summed E-state index contributed by atoms with van der Waals surface area (Å²) >= 11 is 0. The zero-order valence-electron chi connectivity index (χ0n) is 9.55. The lowest BCUT2D eigenvalue weighted by molar-refractivity contribution is -0.275. The van der Waals surface area contributed by atoms with Gasteiger partial charge in [0.2, 0.25) is 5.95 Å². The van der Waals surface area contributed by atoms with E-state index in [4.69, 9.17) is 0 Å². The molecular weight excluding hydrogens is 277 g/mol. The largest absolute Gasteiger partial charge is 0.573 e. The summed E-state index contributed by atoms with van der Waals surface area (Å²) < 4.78 is 70.0. The minimum Gasteiger partial charge on any atom is -0.461 e. The van der Waals surface area contributed by atoms with Gasteiger partial charge in [0.25, 0.3) is 0 Å². The Morgan fingerprint density at radius 1 is 1.42 bits per heavy atom. The quantitative estimate of drug-likeness (QED) is 0.485. The average molecular weight is 285 g/mol. The minimum absolute atomic E-state index is 0.173. The van der Waals surface area contributed by atoms with Crippen molar-refractivity contribution in [3.63, 3.8) is 0 Å². The summed E-state index contributed by atoms with van der Waals surface area (Å²) in [5.74, 6) is -3.85. The van der Waals surface area contributed by atoms with Crippen molar-refractivity contribution in [1.82, 2.24) is 4.98 Å². The molecule has 0 atom stereocenters. The van der Waals surface area contributed by atoms with Crippen LogP contribution in [-0.4, -0.2) is 23.9 Å². The predicted octanol–water partition coefficient (Wildman–Crippen LogP) is 2.77. The maximum absolute atomic E-state index is 13.0. The third-order valence-corrected chi connectivity index (χ3v) is 1.85. The van der Waals surface area contributed by atoms with E-state index in [9.17, 15) is 26.7 Å². The molecule has 0 spiro atoms. The fourth-order valence-electron chi connectivity index (χ4n) is 1.22. The van der Waals surface area contributed by atoms with E-state index in [0.29, 0.717) is 6.07 Å². The molecule has 4 nitrogen and oxygen atoms in total. The number of hydrogen-bond acceptors (Lipinski definition) is 4. The van der Waals surface area contributed by atoms with Crippen LogP contribution in [-0.2, 0) is 11.4 Å². The molecule has 0 saturated carbocycles. The van der Waals surface area contributed by atoms with E-state index in [2.05, 4.69) is 14.5 Å². The number of nitrogens with zero attached hydrogens (tertiary/aromatic N) is 1. The molecule has 0 fully saturated rings. The summed E-state index contributed by atoms with van der Waals surface area (Å²) in [6, 6.07) is 0.407. The number of esters is 1. The van der Waals surface area contributed by atoms with Crippen LogP contribution in [0.2, 0.25) is 0 Å². The van der Waals surface area contributed by atoms with Gasteiger partial charge in [-0.05, 0) is 6.92 Å². The van der Waals surface area contributed by atoms with Crippen molar-refractivity contribution in [3.8, 4) is 5.75 Å². The van der Waals surface area contributed by atoms with Crippen LogP contribution in [0.15, 0.2) is 6.07 Å². The van der Waals surface area contributed by atoms with Gasteiger partial charge in [-0.1, -0.05) is 0 Å². The van der Waals surface area contributed by atoms with Gasteiger partial charge in [-0.25, -0.2) is 14.2 Å². The van der Waals surface area contributed by atoms with Crippen LogP contribution >= 0.6 is 0 Å². The monoisotopic (exact) mass is 285 g/mol. The molecule has 19 heavy (non-hydrogen) atoms. The van der Waals surface area contributed by atoms with Crippen LogP contribution in [0.3, 0.4) is 0 Å². The number of rotatable bonds is 4. The molecule has 1 heterocycles. The molecule has 0 aliphatic rings. The summed E-state index contributed by atoms with van der Waals surface area (Å²) in [5.41, 5.74) is -1.85. The first-order chi connectivity index (χ1) is 8.78. The van der Waals surface area contributed by atoms with E-state index in [1.807, 2.05) is 0 Å². The molecule has 0 amide bonds. The fraction of sp³-hybridized carbons (Fsp3) is 0.400. The molecule has 1 rings (SSSR count). The first kappa shape index (κ1) is 15.1. The van der Waals surface area contributed by atoms with Crippen LogP contribution < -0.4 is 4.74 Å². The van der Waals surface area contributed by atoms with Crippen molar-refractivity contribution in [1.29, 1.82) is 0 Å². The molecule has 0 bridgehead atoms. The molecule has 0 radical (unpaired) electrons. The van der Waals surface area contributed by atoms with Gasteiger partial charge in [0, 0.05) is 11.6 Å². The normalized spacial score (nSPS) is 11.3. The van der Waals surface area contributed by atoms with E-state index in [-0.39, 0.29) is 6.61 Å². The summed E-state index contributed by atoms with van der Waals surface area (Å²) in [5, 5.41) is 0. The van der Waals surface area contributed by atoms with Gasteiger partial charge < -0.3 is 9.47 Å². The lowest BCUT2D eigenvalue weighted by Crippen LogP contribution is -2.22. The van der Waals surface area contributed by atoms with Gasteiger partial charge >= 0.3 is 12.3 Å². The molecule has 0 aliphatic carbocycles. The third-order valence-electron chi connectivity index (χ3n) is 1.85. The maximum atomic E-state index is 13.0. The van der Waals surface area contributed by atoms with Crippen molar-refractivity contribution in [3.05, 3.63) is 23.3 Å². The molecule has 0 unspecified atom stereocenters. The molecule has 0 saturated heterocycles. The zero-order valence-corrected chi connectivity index (χ0v) is 9.55. The number of hydrogen-bond donors (Lipinski definition) is 0. The van der Waals surface area contributed by atoms with Gasteiger partial charge in [-0.3, -0.25) is 0 Å². The minimum atomic E-state index is -5.18. The third kappa shape index (κ3) is 4.04. The van der Waals surface area contributed by atoms with Gasteiger partial charge in [0.1, 0.15) is 6.67 Å². The molecule has 9 heteroatoms. The number of alkyl halides is 4. The Balaban J connectivity index is 3.33. The van der Waals surface area contributed by atoms with Crippen LogP contribution in [0.4, 0.5) is 22.0 Å². The van der Waals surface area contributed by atoms with Gasteiger partial charge in [-0.15, -0.1) is 13.2 Å². The molecule has 1 aromatic heterocycles. The van der Waals surface area contributed by atoms with Crippen molar-refractivity contribution in [2.75, 3.05) is 6.61 Å². The highest BCUT2D eigenvalue weighted by molar-refractivity contribution is 5.90. The Morgan fingerprint density at radius 2 is 2.05 bits per heavy atom. The SMILES string of the molecule is CCOC(=O)c1nc(F)cc(CF)c1OC(F)(F)F. The highest BCUT2D eigenvalue weighted by Crippen LogP contribution is 2.30. The van der Waals surface area contributed by atoms with E-state index in [1.165, 1.54) is 6.92 Å². The fourth-order valence-corrected chi connectivity index (χ4v) is 1.22. The summed E-state index contributed by atoms with van der Waals surface area (Å²) in [4.78, 5) is 14.3. The highest BCUT2D eigenvalue weighted by atomic mass is 19.4. The second-order valence-electron chi connectivity index (χ2n) is 3.18. The van der Waals surface area contributed by atoms with Crippen LogP contribution in [0.25, 0.3) is 0 Å². The molecule has 0 N–H and O–H groups in total. The molecular formula is C10H8F5NO3. The second-order valence-corrected chi connectivity index (χ2v) is 3.18. The summed E-state index contributed by atoms with van der Waals surface area (Å²) in [6.45, 7) is -0.248. The standard InChI is InChI=1S/C10H8F5NO3/c1-2-18-9(17)7-8(19-10(13,14)15)5(4-11)3-6(12)16-7/h3H,2,4H2,1H3. The number of aromatic nitrogens is 1. The van der Waals surface area contributed by atoms with Gasteiger partial charge in [0.05, 0.1) is 6.61 Å². The lowest BCUT2D eigenvalue weighted by Gasteiger charge is -2.14. The van der Waals surface area contributed by atoms with Crippen molar-refractivity contribution in [2.24, 2.45) is 0 Å². The Kier molecular flexibility index (Phi) is 4.62. The Labute approximate surface area is 104 Å². The lowest BCUT2D eigenvalue weighted by atomic mass is 10.2. The molecule has 106 valence electrons. The zero-order chi connectivity index (χ0) is 14.6. The highest BCUT2D eigenvalue weighted by Gasteiger charge is 2.35. The Hall–Kier alpha value is -1.93. The first-order valence-electron chi connectivity index (χ1n) is 4.96. The van der Waals surface area contributed by atoms with Crippen molar-refractivity contribution in [2.45, 2.75) is 20.0 Å². The van der Waals surface area contributed by atoms with Crippen LogP contribution in [0.1, 0.15) is 23.0 Å². The van der Waals surface area contributed by atoms with E-state index in [1.54, 1.807) is 0 Å². The van der Waals surface area contributed by atoms with Gasteiger partial charge in [-0.2, -0.15) is 4.39 Å². The van der Waals surface area contributed by atoms with E-state index < -0.39 is 42.0 Å². The van der Waals surface area contributed by atoms with Crippen molar-refractivity contribution >= 4 is 5.97 Å². The van der Waals surface area contributed by atoms with E-state index in [0.717, 1.165) is 0 Å². The van der Waals surface area contributed by atoms with Gasteiger partial charge in [0.15, 0.2) is 11.4 Å². The van der Waals surface area contributed by atoms with Crippen LogP contribution in [0, 0.1) is 5.95 Å². The smallest absolute Gasteiger partial charge is 0.461 e.